The van der Waals surface area contributed by atoms with Gasteiger partial charge < -0.3 is 4.74 Å². The van der Waals surface area contributed by atoms with Crippen LogP contribution in [0, 0.1) is 0 Å². The van der Waals surface area contributed by atoms with Crippen molar-refractivity contribution in [2.75, 3.05) is 7.11 Å². The summed E-state index contributed by atoms with van der Waals surface area (Å²) in [4.78, 5) is 11.3. The second-order valence-corrected chi connectivity index (χ2v) is 5.55. The molecule has 0 saturated carbocycles. The Kier molecular flexibility index (Phi) is 11.0. The predicted octanol–water partition coefficient (Wildman–Crippen LogP) is 3.84. The maximum Gasteiger partial charge on any atom is 0.305 e. The third-order valence-corrected chi connectivity index (χ3v) is 4.15. The van der Waals surface area contributed by atoms with Crippen LogP contribution in [0.5, 0.6) is 0 Å². The number of carbonyl (C=O) groups excluding carboxylic acids is 1. The lowest BCUT2D eigenvalue weighted by molar-refractivity contribution is -0.140. The van der Waals surface area contributed by atoms with Gasteiger partial charge >= 0.3 is 5.97 Å². The van der Waals surface area contributed by atoms with E-state index in [2.05, 4.69) is 13.5 Å². The zero-order valence-electron chi connectivity index (χ0n) is 11.1. The van der Waals surface area contributed by atoms with Crippen molar-refractivity contribution in [1.82, 2.24) is 0 Å². The van der Waals surface area contributed by atoms with Crippen molar-refractivity contribution in [1.29, 1.82) is 0 Å². The minimum absolute atomic E-state index is 0.0215. The number of esters is 1. The van der Waals surface area contributed by atoms with E-state index in [4.69, 9.17) is 4.74 Å². The highest BCUT2D eigenvalue weighted by molar-refractivity contribution is 6.41. The largest absolute Gasteiger partial charge is 0.469 e. The topological polar surface area (TPSA) is 26.3 Å². The van der Waals surface area contributed by atoms with E-state index in [9.17, 15) is 4.79 Å². The number of unbranched alkanes of at least 4 members (excludes halogenated alkanes) is 6. The van der Waals surface area contributed by atoms with E-state index in [1.165, 1.54) is 52.1 Å². The van der Waals surface area contributed by atoms with Crippen molar-refractivity contribution < 1.29 is 9.53 Å². The first-order valence-corrected chi connectivity index (χ1v) is 8.09. The second kappa shape index (κ2) is 11.2. The van der Waals surface area contributed by atoms with Gasteiger partial charge in [0.2, 0.25) is 0 Å². The molecule has 1 atom stereocenters. The van der Waals surface area contributed by atoms with Crippen LogP contribution in [0.1, 0.15) is 58.3 Å². The quantitative estimate of drug-likeness (QED) is 0.330. The van der Waals surface area contributed by atoms with Crippen LogP contribution in [0.4, 0.5) is 0 Å². The van der Waals surface area contributed by atoms with Gasteiger partial charge in [0, 0.05) is 5.54 Å². The van der Waals surface area contributed by atoms with Gasteiger partial charge in [-0.1, -0.05) is 58.4 Å². The average Bonchev–Trinajstić information content (AvgIpc) is 2.32. The lowest BCUT2D eigenvalue weighted by atomic mass is 10.1. The highest BCUT2D eigenvalue weighted by Crippen LogP contribution is 2.17. The summed E-state index contributed by atoms with van der Waals surface area (Å²) in [5, 5.41) is 0. The molecule has 16 heavy (non-hydrogen) atoms. The van der Waals surface area contributed by atoms with Crippen LogP contribution in [0.15, 0.2) is 0 Å². The smallest absolute Gasteiger partial charge is 0.305 e. The maximum atomic E-state index is 11.3. The first-order valence-electron chi connectivity index (χ1n) is 6.51. The first kappa shape index (κ1) is 15.7. The Morgan fingerprint density at radius 3 is 2.19 bits per heavy atom. The van der Waals surface area contributed by atoms with E-state index >= 15 is 0 Å². The van der Waals surface area contributed by atoms with Crippen LogP contribution < -0.4 is 0 Å². The van der Waals surface area contributed by atoms with Crippen LogP contribution >= 0.6 is 0 Å². The fourth-order valence-electron chi connectivity index (χ4n) is 1.83. The van der Waals surface area contributed by atoms with Crippen LogP contribution in [0.25, 0.3) is 0 Å². The van der Waals surface area contributed by atoms with Gasteiger partial charge in [0.25, 0.3) is 0 Å². The molecule has 2 radical (unpaired) electrons. The summed E-state index contributed by atoms with van der Waals surface area (Å²) in [6.45, 7) is 4.33. The Labute approximate surface area is 103 Å². The molecular weight excluding hydrogens is 216 g/mol. The summed E-state index contributed by atoms with van der Waals surface area (Å²) >= 11 is 0. The molecule has 0 aromatic heterocycles. The summed E-state index contributed by atoms with van der Waals surface area (Å²) in [7, 11) is 2.16. The molecule has 0 saturated heterocycles. The Morgan fingerprint density at radius 2 is 1.69 bits per heavy atom. The molecule has 0 fully saturated rings. The second-order valence-electron chi connectivity index (χ2n) is 4.27. The van der Waals surface area contributed by atoms with E-state index in [0.29, 0.717) is 9.52 Å². The van der Waals surface area contributed by atoms with Gasteiger partial charge in [0.05, 0.1) is 16.6 Å². The molecule has 0 spiro atoms. The third kappa shape index (κ3) is 7.91. The highest BCUT2D eigenvalue weighted by Gasteiger charge is 2.16. The average molecular weight is 242 g/mol. The molecule has 0 aliphatic rings. The van der Waals surface area contributed by atoms with Gasteiger partial charge in [-0.3, -0.25) is 4.79 Å². The van der Waals surface area contributed by atoms with Crippen LogP contribution in [0.2, 0.25) is 12.1 Å². The van der Waals surface area contributed by atoms with Crippen molar-refractivity contribution in [3.05, 3.63) is 0 Å². The molecule has 0 aromatic carbocycles. The highest BCUT2D eigenvalue weighted by atomic mass is 28.2. The number of hydrogen-bond donors (Lipinski definition) is 0. The number of hydrogen-bond acceptors (Lipinski definition) is 2. The fourth-order valence-corrected chi connectivity index (χ4v) is 2.67. The molecule has 0 rings (SSSR count). The molecule has 0 bridgehead atoms. The lowest BCUT2D eigenvalue weighted by Crippen LogP contribution is -2.14. The summed E-state index contributed by atoms with van der Waals surface area (Å²) in [5.74, 6) is -0.0215. The van der Waals surface area contributed by atoms with E-state index in [1.54, 1.807) is 0 Å². The van der Waals surface area contributed by atoms with Gasteiger partial charge in [-0.2, -0.15) is 0 Å². The Hall–Kier alpha value is -0.313. The van der Waals surface area contributed by atoms with Gasteiger partial charge in [-0.25, -0.2) is 0 Å². The standard InChI is InChI=1S/C13H26O2Si/c1-4-5-6-7-8-9-10-11-12(16-3)13(14)15-2/h12H,4-11H2,1-3H3. The lowest BCUT2D eigenvalue weighted by Gasteiger charge is -2.11. The molecular formula is C13H26O2Si. The normalized spacial score (nSPS) is 12.4. The summed E-state index contributed by atoms with van der Waals surface area (Å²) in [6, 6.07) is 0. The van der Waals surface area contributed by atoms with Gasteiger partial charge in [0.15, 0.2) is 0 Å². The van der Waals surface area contributed by atoms with Crippen LogP contribution in [-0.4, -0.2) is 22.6 Å². The monoisotopic (exact) mass is 242 g/mol. The molecule has 94 valence electrons. The molecule has 0 aliphatic heterocycles. The zero-order valence-corrected chi connectivity index (χ0v) is 12.1. The molecule has 0 heterocycles. The number of carbonyl (C=O) groups is 1. The fraction of sp³-hybridized carbons (Fsp3) is 0.923. The number of ether oxygens (including phenoxy) is 1. The summed E-state index contributed by atoms with van der Waals surface area (Å²) < 4.78 is 4.78. The van der Waals surface area contributed by atoms with Crippen molar-refractivity contribution in [2.24, 2.45) is 0 Å². The van der Waals surface area contributed by atoms with Gasteiger partial charge in [-0.15, -0.1) is 0 Å². The Balaban J connectivity index is 3.38. The SMILES string of the molecule is CCCCCCCCCC([Si]C)C(=O)OC. The van der Waals surface area contributed by atoms with E-state index < -0.39 is 0 Å². The van der Waals surface area contributed by atoms with Crippen LogP contribution in [-0.2, 0) is 9.53 Å². The molecule has 1 unspecified atom stereocenters. The zero-order chi connectivity index (χ0) is 12.2. The molecule has 0 aliphatic carbocycles. The van der Waals surface area contributed by atoms with Crippen molar-refractivity contribution in [3.8, 4) is 0 Å². The Bertz CT molecular complexity index is 171. The van der Waals surface area contributed by atoms with Crippen molar-refractivity contribution >= 4 is 15.5 Å². The molecule has 0 amide bonds. The van der Waals surface area contributed by atoms with Gasteiger partial charge in [0.1, 0.15) is 0 Å². The van der Waals surface area contributed by atoms with Crippen molar-refractivity contribution in [2.45, 2.75) is 70.4 Å². The predicted molar refractivity (Wildman–Crippen MR) is 70.0 cm³/mol. The van der Waals surface area contributed by atoms with E-state index in [0.717, 1.165) is 6.42 Å². The maximum absolute atomic E-state index is 11.3. The Morgan fingerprint density at radius 1 is 1.12 bits per heavy atom. The molecule has 3 heteroatoms. The molecule has 0 aromatic rings. The summed E-state index contributed by atoms with van der Waals surface area (Å²) in [6.07, 6.45) is 10.2. The molecule has 0 N–H and O–H groups in total. The van der Waals surface area contributed by atoms with Crippen molar-refractivity contribution in [3.63, 3.8) is 0 Å². The first-order chi connectivity index (χ1) is 7.76. The third-order valence-electron chi connectivity index (χ3n) is 2.93. The van der Waals surface area contributed by atoms with E-state index in [1.807, 2.05) is 0 Å². The number of rotatable bonds is 10. The number of methoxy groups -OCH3 is 1. The molecule has 2 nitrogen and oxygen atoms in total. The van der Waals surface area contributed by atoms with Gasteiger partial charge in [-0.05, 0) is 6.42 Å². The summed E-state index contributed by atoms with van der Waals surface area (Å²) in [5.41, 5.74) is 0.153. The minimum Gasteiger partial charge on any atom is -0.469 e. The van der Waals surface area contributed by atoms with E-state index in [-0.39, 0.29) is 11.5 Å². The minimum atomic E-state index is -0.0215. The van der Waals surface area contributed by atoms with Crippen LogP contribution in [0.3, 0.4) is 0 Å².